The predicted molar refractivity (Wildman–Crippen MR) is 86.5 cm³/mol. The molecule has 1 heterocycles. The first-order valence-electron chi connectivity index (χ1n) is 8.32. The van der Waals surface area contributed by atoms with Crippen LogP contribution in [0.2, 0.25) is 0 Å². The number of fused-ring (bicyclic) bond motifs is 2. The topological polar surface area (TPSA) is 48.0 Å². The molecule has 0 aliphatic heterocycles. The lowest BCUT2D eigenvalue weighted by atomic mass is 9.65. The second-order valence-electron chi connectivity index (χ2n) is 6.84. The van der Waals surface area contributed by atoms with Crippen molar-refractivity contribution in [2.75, 3.05) is 5.32 Å². The summed E-state index contributed by atoms with van der Waals surface area (Å²) >= 11 is 0. The second-order valence-corrected chi connectivity index (χ2v) is 6.84. The first-order valence-corrected chi connectivity index (χ1v) is 8.32. The quantitative estimate of drug-likeness (QED) is 0.779. The summed E-state index contributed by atoms with van der Waals surface area (Å²) < 4.78 is 0. The highest BCUT2D eigenvalue weighted by Gasteiger charge is 2.47. The summed E-state index contributed by atoms with van der Waals surface area (Å²) in [5.41, 5.74) is 1.80. The SMILES string of the molecule is O[C@]12CCCC[C@@H]1CCC[C@@H]2Nc1ccc2[nH]ccc2c1. The molecule has 0 amide bonds. The van der Waals surface area contributed by atoms with Crippen LogP contribution in [0.5, 0.6) is 0 Å². The van der Waals surface area contributed by atoms with Gasteiger partial charge in [-0.15, -0.1) is 0 Å². The summed E-state index contributed by atoms with van der Waals surface area (Å²) in [6, 6.07) is 8.71. The van der Waals surface area contributed by atoms with Crippen molar-refractivity contribution in [3.63, 3.8) is 0 Å². The molecule has 0 spiro atoms. The molecule has 4 rings (SSSR count). The van der Waals surface area contributed by atoms with Crippen LogP contribution >= 0.6 is 0 Å². The summed E-state index contributed by atoms with van der Waals surface area (Å²) in [4.78, 5) is 3.23. The molecule has 1 aromatic heterocycles. The fourth-order valence-electron chi connectivity index (χ4n) is 4.47. The second kappa shape index (κ2) is 5.06. The number of nitrogens with one attached hydrogen (secondary N) is 2. The van der Waals surface area contributed by atoms with Gasteiger partial charge in [0.05, 0.1) is 11.6 Å². The highest BCUT2D eigenvalue weighted by molar-refractivity contribution is 5.83. The Labute approximate surface area is 125 Å². The lowest BCUT2D eigenvalue weighted by molar-refractivity contribution is -0.0835. The van der Waals surface area contributed by atoms with E-state index in [1.165, 1.54) is 43.0 Å². The van der Waals surface area contributed by atoms with Crippen molar-refractivity contribution in [2.45, 2.75) is 56.6 Å². The molecule has 3 heteroatoms. The molecule has 0 unspecified atom stereocenters. The van der Waals surface area contributed by atoms with Gasteiger partial charge in [-0.2, -0.15) is 0 Å². The van der Waals surface area contributed by atoms with Gasteiger partial charge in [-0.3, -0.25) is 0 Å². The lowest BCUT2D eigenvalue weighted by Crippen LogP contribution is -2.56. The Hall–Kier alpha value is -1.48. The van der Waals surface area contributed by atoms with E-state index >= 15 is 0 Å². The zero-order chi connectivity index (χ0) is 14.3. The van der Waals surface area contributed by atoms with Crippen molar-refractivity contribution in [3.8, 4) is 0 Å². The number of H-pyrrole nitrogens is 1. The van der Waals surface area contributed by atoms with E-state index in [2.05, 4.69) is 34.6 Å². The zero-order valence-corrected chi connectivity index (χ0v) is 12.4. The van der Waals surface area contributed by atoms with Gasteiger partial charge in [0, 0.05) is 22.8 Å². The Morgan fingerprint density at radius 1 is 1.10 bits per heavy atom. The summed E-state index contributed by atoms with van der Waals surface area (Å²) in [7, 11) is 0. The fourth-order valence-corrected chi connectivity index (χ4v) is 4.47. The lowest BCUT2D eigenvalue weighted by Gasteiger charge is -2.49. The van der Waals surface area contributed by atoms with Crippen LogP contribution in [0.1, 0.15) is 44.9 Å². The van der Waals surface area contributed by atoms with Crippen molar-refractivity contribution in [1.29, 1.82) is 0 Å². The third kappa shape index (κ3) is 2.24. The largest absolute Gasteiger partial charge is 0.387 e. The van der Waals surface area contributed by atoms with E-state index in [0.717, 1.165) is 18.5 Å². The minimum atomic E-state index is -0.496. The zero-order valence-electron chi connectivity index (χ0n) is 12.4. The van der Waals surface area contributed by atoms with Crippen LogP contribution in [0.4, 0.5) is 5.69 Å². The van der Waals surface area contributed by atoms with Gasteiger partial charge in [0.1, 0.15) is 0 Å². The Morgan fingerprint density at radius 3 is 2.95 bits per heavy atom. The molecule has 2 aromatic rings. The van der Waals surface area contributed by atoms with Crippen molar-refractivity contribution in [3.05, 3.63) is 30.5 Å². The molecule has 2 aliphatic carbocycles. The van der Waals surface area contributed by atoms with E-state index < -0.39 is 5.60 Å². The molecule has 0 bridgehead atoms. The number of rotatable bonds is 2. The van der Waals surface area contributed by atoms with Crippen molar-refractivity contribution in [1.82, 2.24) is 4.98 Å². The maximum absolute atomic E-state index is 11.2. The van der Waals surface area contributed by atoms with Gasteiger partial charge in [0.15, 0.2) is 0 Å². The van der Waals surface area contributed by atoms with E-state index in [0.29, 0.717) is 5.92 Å². The Morgan fingerprint density at radius 2 is 2.00 bits per heavy atom. The first-order chi connectivity index (χ1) is 10.3. The van der Waals surface area contributed by atoms with Crippen molar-refractivity contribution in [2.24, 2.45) is 5.92 Å². The number of benzene rings is 1. The van der Waals surface area contributed by atoms with Gasteiger partial charge >= 0.3 is 0 Å². The van der Waals surface area contributed by atoms with E-state index in [4.69, 9.17) is 0 Å². The number of anilines is 1. The van der Waals surface area contributed by atoms with E-state index in [1.807, 2.05) is 6.20 Å². The molecular weight excluding hydrogens is 260 g/mol. The molecule has 21 heavy (non-hydrogen) atoms. The molecule has 2 fully saturated rings. The van der Waals surface area contributed by atoms with Gasteiger partial charge in [-0.1, -0.05) is 19.3 Å². The maximum Gasteiger partial charge on any atom is 0.0875 e. The van der Waals surface area contributed by atoms with E-state index in [9.17, 15) is 5.11 Å². The fraction of sp³-hybridized carbons (Fsp3) is 0.556. The number of aliphatic hydroxyl groups is 1. The van der Waals surface area contributed by atoms with E-state index in [-0.39, 0.29) is 6.04 Å². The molecule has 3 atom stereocenters. The Balaban J connectivity index is 1.59. The van der Waals surface area contributed by atoms with Gasteiger partial charge in [-0.05, 0) is 55.9 Å². The Kier molecular flexibility index (Phi) is 3.18. The van der Waals surface area contributed by atoms with Crippen LogP contribution in [0.25, 0.3) is 10.9 Å². The smallest absolute Gasteiger partial charge is 0.0875 e. The Bertz CT molecular complexity index is 633. The van der Waals surface area contributed by atoms with Crippen molar-refractivity contribution >= 4 is 16.6 Å². The monoisotopic (exact) mass is 284 g/mol. The number of aromatic amines is 1. The summed E-state index contributed by atoms with van der Waals surface area (Å²) in [6.07, 6.45) is 10.1. The number of aromatic nitrogens is 1. The van der Waals surface area contributed by atoms with Crippen LogP contribution in [0.15, 0.2) is 30.5 Å². The molecular formula is C18H24N2O. The molecule has 3 N–H and O–H groups in total. The molecule has 2 aliphatic rings. The standard InChI is InChI=1S/C18H24N2O/c21-18-10-2-1-4-14(18)5-3-6-17(18)20-15-7-8-16-13(12-15)9-11-19-16/h7-9,11-12,14,17,19-21H,1-6,10H2/t14-,17+,18-/m1/s1. The average molecular weight is 284 g/mol. The van der Waals surface area contributed by atoms with Crippen LogP contribution in [-0.4, -0.2) is 21.7 Å². The number of hydrogen-bond donors (Lipinski definition) is 3. The van der Waals surface area contributed by atoms with Gasteiger partial charge < -0.3 is 15.4 Å². The minimum absolute atomic E-state index is 0.202. The highest BCUT2D eigenvalue weighted by atomic mass is 16.3. The first kappa shape index (κ1) is 13.2. The molecule has 2 saturated carbocycles. The highest BCUT2D eigenvalue weighted by Crippen LogP contribution is 2.44. The number of hydrogen-bond acceptors (Lipinski definition) is 2. The normalized spacial score (nSPS) is 32.8. The summed E-state index contributed by atoms with van der Waals surface area (Å²) in [6.45, 7) is 0. The maximum atomic E-state index is 11.2. The molecule has 112 valence electrons. The summed E-state index contributed by atoms with van der Waals surface area (Å²) in [5.74, 6) is 0.494. The third-order valence-corrected chi connectivity index (χ3v) is 5.63. The van der Waals surface area contributed by atoms with Gasteiger partial charge in [0.25, 0.3) is 0 Å². The third-order valence-electron chi connectivity index (χ3n) is 5.63. The average Bonchev–Trinajstić information content (AvgIpc) is 2.95. The molecule has 0 radical (unpaired) electrons. The molecule has 3 nitrogen and oxygen atoms in total. The van der Waals surface area contributed by atoms with Crippen LogP contribution in [0.3, 0.4) is 0 Å². The van der Waals surface area contributed by atoms with Crippen LogP contribution < -0.4 is 5.32 Å². The predicted octanol–water partition coefficient (Wildman–Crippen LogP) is 4.05. The van der Waals surface area contributed by atoms with Gasteiger partial charge in [0.2, 0.25) is 0 Å². The van der Waals surface area contributed by atoms with Gasteiger partial charge in [-0.25, -0.2) is 0 Å². The summed E-state index contributed by atoms with van der Waals surface area (Å²) in [5, 5.41) is 16.1. The minimum Gasteiger partial charge on any atom is -0.387 e. The van der Waals surface area contributed by atoms with Crippen LogP contribution in [0, 0.1) is 5.92 Å². The van der Waals surface area contributed by atoms with E-state index in [1.54, 1.807) is 0 Å². The molecule has 1 aromatic carbocycles. The van der Waals surface area contributed by atoms with Crippen molar-refractivity contribution < 1.29 is 5.11 Å². The van der Waals surface area contributed by atoms with Crippen LogP contribution in [-0.2, 0) is 0 Å². The molecule has 0 saturated heterocycles.